The topological polar surface area (TPSA) is 17.1 Å². The summed E-state index contributed by atoms with van der Waals surface area (Å²) in [6.45, 7) is 8.13. The molecule has 0 unspecified atom stereocenters. The van der Waals surface area contributed by atoms with Gasteiger partial charge in [0.05, 0.1) is 0 Å². The van der Waals surface area contributed by atoms with E-state index in [1.807, 2.05) is 18.2 Å². The van der Waals surface area contributed by atoms with Crippen molar-refractivity contribution in [2.75, 3.05) is 0 Å². The van der Waals surface area contributed by atoms with Crippen molar-refractivity contribution in [1.82, 2.24) is 0 Å². The van der Waals surface area contributed by atoms with Crippen LogP contribution in [0.4, 0.5) is 0 Å². The third-order valence-electron chi connectivity index (χ3n) is 3.32. The third kappa shape index (κ3) is 2.21. The van der Waals surface area contributed by atoms with Gasteiger partial charge in [0.15, 0.2) is 6.29 Å². The van der Waals surface area contributed by atoms with E-state index in [-0.39, 0.29) is 0 Å². The van der Waals surface area contributed by atoms with Crippen LogP contribution in [-0.4, -0.2) is 6.29 Å². The van der Waals surface area contributed by atoms with Gasteiger partial charge < -0.3 is 0 Å². The fraction of sp³-hybridized carbons (Fsp3) is 0.235. The van der Waals surface area contributed by atoms with Crippen LogP contribution < -0.4 is 0 Å². The van der Waals surface area contributed by atoms with Crippen molar-refractivity contribution in [2.45, 2.75) is 26.2 Å². The Kier molecular flexibility index (Phi) is 3.61. The summed E-state index contributed by atoms with van der Waals surface area (Å²) in [7, 11) is 0. The molecule has 0 aromatic rings. The zero-order chi connectivity index (χ0) is 13.1. The Morgan fingerprint density at radius 1 is 1.17 bits per heavy atom. The lowest BCUT2D eigenvalue weighted by Gasteiger charge is -2.03. The molecule has 2 aliphatic carbocycles. The Bertz CT molecular complexity index is 552. The fourth-order valence-corrected chi connectivity index (χ4v) is 2.25. The van der Waals surface area contributed by atoms with E-state index >= 15 is 0 Å². The molecule has 0 aliphatic heterocycles. The van der Waals surface area contributed by atoms with Gasteiger partial charge in [-0.3, -0.25) is 4.79 Å². The molecule has 0 radical (unpaired) electrons. The molecular weight excluding hydrogens is 220 g/mol. The SMILES string of the molecule is C=CCc1ccc(C(C)C)cc2c(C=O)ccc1-2. The van der Waals surface area contributed by atoms with E-state index in [0.29, 0.717) is 5.92 Å². The van der Waals surface area contributed by atoms with Gasteiger partial charge in [0.1, 0.15) is 0 Å². The molecule has 2 aliphatic rings. The summed E-state index contributed by atoms with van der Waals surface area (Å²) in [6.07, 6.45) is 3.66. The van der Waals surface area contributed by atoms with Gasteiger partial charge in [-0.05, 0) is 34.6 Å². The van der Waals surface area contributed by atoms with E-state index in [2.05, 4.69) is 38.6 Å². The van der Waals surface area contributed by atoms with Crippen LogP contribution in [0.1, 0.15) is 41.3 Å². The molecule has 0 atom stereocenters. The molecule has 0 aromatic carbocycles. The van der Waals surface area contributed by atoms with Gasteiger partial charge in [0.25, 0.3) is 0 Å². The normalized spacial score (nSPS) is 10.8. The number of rotatable bonds is 4. The van der Waals surface area contributed by atoms with Gasteiger partial charge in [0.2, 0.25) is 0 Å². The lowest BCUT2D eigenvalue weighted by Crippen LogP contribution is -1.85. The fourth-order valence-electron chi connectivity index (χ4n) is 2.25. The highest BCUT2D eigenvalue weighted by Gasteiger charge is 2.13. The average molecular weight is 238 g/mol. The molecule has 2 rings (SSSR count). The molecule has 1 heteroatoms. The molecule has 18 heavy (non-hydrogen) atoms. The van der Waals surface area contributed by atoms with Crippen molar-refractivity contribution >= 4 is 6.29 Å². The highest BCUT2D eigenvalue weighted by atomic mass is 16.1. The van der Waals surface area contributed by atoms with Crippen LogP contribution in [0.3, 0.4) is 0 Å². The van der Waals surface area contributed by atoms with E-state index in [4.69, 9.17) is 0 Å². The lowest BCUT2D eigenvalue weighted by molar-refractivity contribution is 0.112. The first-order valence-electron chi connectivity index (χ1n) is 6.29. The van der Waals surface area contributed by atoms with E-state index in [0.717, 1.165) is 29.4 Å². The molecule has 0 saturated carbocycles. The van der Waals surface area contributed by atoms with Crippen LogP contribution in [0.25, 0.3) is 11.1 Å². The maximum absolute atomic E-state index is 11.1. The molecule has 1 nitrogen and oxygen atoms in total. The first kappa shape index (κ1) is 12.6. The summed E-state index contributed by atoms with van der Waals surface area (Å²) in [4.78, 5) is 11.1. The zero-order valence-corrected chi connectivity index (χ0v) is 10.9. The number of aldehydes is 1. The van der Waals surface area contributed by atoms with Crippen molar-refractivity contribution < 1.29 is 4.79 Å². The summed E-state index contributed by atoms with van der Waals surface area (Å²) in [5.74, 6) is 0.451. The maximum atomic E-state index is 11.1. The standard InChI is InChI=1S/C17H18O/c1-4-5-13-6-7-14(12(2)3)10-17-15(11-18)8-9-16(13)17/h4,6-12H,1,5H2,2-3H3. The average Bonchev–Trinajstić information content (AvgIpc) is 2.66. The predicted octanol–water partition coefficient (Wildman–Crippen LogP) is 4.46. The largest absolute Gasteiger partial charge is 0.298 e. The molecule has 0 fully saturated rings. The lowest BCUT2D eigenvalue weighted by atomic mass is 10.0. The van der Waals surface area contributed by atoms with Crippen molar-refractivity contribution in [3.05, 3.63) is 59.7 Å². The maximum Gasteiger partial charge on any atom is 0.150 e. The Labute approximate surface area is 108 Å². The molecule has 0 aromatic heterocycles. The second kappa shape index (κ2) is 5.18. The number of hydrogen-bond donors (Lipinski definition) is 0. The molecule has 0 heterocycles. The monoisotopic (exact) mass is 238 g/mol. The van der Waals surface area contributed by atoms with Gasteiger partial charge in [-0.2, -0.15) is 0 Å². The van der Waals surface area contributed by atoms with E-state index in [9.17, 15) is 4.79 Å². The minimum absolute atomic E-state index is 0.451. The molecule has 0 saturated heterocycles. The van der Waals surface area contributed by atoms with Crippen molar-refractivity contribution in [3.63, 3.8) is 0 Å². The van der Waals surface area contributed by atoms with Crippen molar-refractivity contribution in [1.29, 1.82) is 0 Å². The molecule has 92 valence electrons. The number of hydrogen-bond acceptors (Lipinski definition) is 1. The van der Waals surface area contributed by atoms with Crippen LogP contribution in [0.15, 0.2) is 43.0 Å². The second-order valence-corrected chi connectivity index (χ2v) is 4.88. The van der Waals surface area contributed by atoms with E-state index in [1.54, 1.807) is 0 Å². The highest BCUT2D eigenvalue weighted by Crippen LogP contribution is 2.32. The van der Waals surface area contributed by atoms with Crippen molar-refractivity contribution in [3.8, 4) is 11.1 Å². The van der Waals surface area contributed by atoms with Gasteiger partial charge in [0, 0.05) is 5.56 Å². The molecule has 0 spiro atoms. The quantitative estimate of drug-likeness (QED) is 0.568. The van der Waals surface area contributed by atoms with Gasteiger partial charge in [-0.1, -0.05) is 50.3 Å². The van der Waals surface area contributed by atoms with Crippen LogP contribution in [0.5, 0.6) is 0 Å². The van der Waals surface area contributed by atoms with Crippen molar-refractivity contribution in [2.24, 2.45) is 0 Å². The van der Waals surface area contributed by atoms with Crippen LogP contribution in [0, 0.1) is 0 Å². The second-order valence-electron chi connectivity index (χ2n) is 4.88. The Morgan fingerprint density at radius 3 is 2.56 bits per heavy atom. The summed E-state index contributed by atoms with van der Waals surface area (Å²) < 4.78 is 0. The van der Waals surface area contributed by atoms with Gasteiger partial charge in [-0.25, -0.2) is 0 Å². The number of carbonyl (C=O) groups is 1. The van der Waals surface area contributed by atoms with Crippen LogP contribution in [-0.2, 0) is 6.42 Å². The first-order chi connectivity index (χ1) is 8.67. The molecular formula is C17H18O. The van der Waals surface area contributed by atoms with Crippen LogP contribution >= 0.6 is 0 Å². The predicted molar refractivity (Wildman–Crippen MR) is 76.4 cm³/mol. The summed E-state index contributed by atoms with van der Waals surface area (Å²) in [5, 5.41) is 0. The van der Waals surface area contributed by atoms with Gasteiger partial charge in [-0.15, -0.1) is 6.58 Å². The van der Waals surface area contributed by atoms with Gasteiger partial charge >= 0.3 is 0 Å². The molecule has 0 bridgehead atoms. The Hall–Kier alpha value is -1.89. The Morgan fingerprint density at radius 2 is 1.94 bits per heavy atom. The smallest absolute Gasteiger partial charge is 0.150 e. The number of allylic oxidation sites excluding steroid dienone is 1. The Balaban J connectivity index is 2.70. The van der Waals surface area contributed by atoms with Crippen LogP contribution in [0.2, 0.25) is 0 Å². The minimum atomic E-state index is 0.451. The summed E-state index contributed by atoms with van der Waals surface area (Å²) in [6, 6.07) is 10.4. The summed E-state index contributed by atoms with van der Waals surface area (Å²) in [5.41, 5.74) is 5.46. The minimum Gasteiger partial charge on any atom is -0.298 e. The number of fused-ring (bicyclic) bond motifs is 1. The molecule has 0 amide bonds. The molecule has 0 N–H and O–H groups in total. The van der Waals surface area contributed by atoms with E-state index < -0.39 is 0 Å². The zero-order valence-electron chi connectivity index (χ0n) is 10.9. The first-order valence-corrected chi connectivity index (χ1v) is 6.29. The van der Waals surface area contributed by atoms with E-state index in [1.165, 1.54) is 11.1 Å². The number of carbonyl (C=O) groups excluding carboxylic acids is 1. The summed E-state index contributed by atoms with van der Waals surface area (Å²) >= 11 is 0. The highest BCUT2D eigenvalue weighted by molar-refractivity contribution is 5.91. The third-order valence-corrected chi connectivity index (χ3v) is 3.32.